The van der Waals surface area contributed by atoms with Crippen LogP contribution in [0.3, 0.4) is 0 Å². The molecule has 18 heavy (non-hydrogen) atoms. The molecule has 1 aliphatic heterocycles. The number of hydrogen-bond donors (Lipinski definition) is 1. The summed E-state index contributed by atoms with van der Waals surface area (Å²) in [5.74, 6) is 1.98. The van der Waals surface area contributed by atoms with Crippen LogP contribution in [0.15, 0.2) is 12.4 Å². The zero-order valence-corrected chi connectivity index (χ0v) is 11.1. The molecule has 1 aromatic rings. The van der Waals surface area contributed by atoms with Gasteiger partial charge in [0.1, 0.15) is 5.82 Å². The van der Waals surface area contributed by atoms with Gasteiger partial charge < -0.3 is 14.8 Å². The smallest absolute Gasteiger partial charge is 0.234 e. The zero-order chi connectivity index (χ0) is 12.8. The first-order valence-electron chi connectivity index (χ1n) is 6.58. The summed E-state index contributed by atoms with van der Waals surface area (Å²) in [5, 5.41) is 3.40. The lowest BCUT2D eigenvalue weighted by Gasteiger charge is -2.28. The Hall–Kier alpha value is -1.36. The Morgan fingerprint density at radius 2 is 2.22 bits per heavy atom. The Morgan fingerprint density at radius 3 is 2.94 bits per heavy atom. The van der Waals surface area contributed by atoms with Crippen molar-refractivity contribution in [1.82, 2.24) is 9.97 Å². The van der Waals surface area contributed by atoms with Crippen molar-refractivity contribution in [3.05, 3.63) is 12.4 Å². The van der Waals surface area contributed by atoms with Crippen LogP contribution in [0.25, 0.3) is 0 Å². The SMILES string of the molecule is CCOc1cncc(NC(C)C2CCOCC2)n1. The molecule has 1 N–H and O–H groups in total. The van der Waals surface area contributed by atoms with Gasteiger partial charge in [-0.2, -0.15) is 4.98 Å². The van der Waals surface area contributed by atoms with E-state index in [9.17, 15) is 0 Å². The van der Waals surface area contributed by atoms with Gasteiger partial charge in [0.15, 0.2) is 0 Å². The van der Waals surface area contributed by atoms with E-state index < -0.39 is 0 Å². The second-order valence-electron chi connectivity index (χ2n) is 4.56. The third-order valence-corrected chi connectivity index (χ3v) is 3.25. The van der Waals surface area contributed by atoms with E-state index in [1.807, 2.05) is 6.92 Å². The largest absolute Gasteiger partial charge is 0.477 e. The molecular formula is C13H21N3O2. The summed E-state index contributed by atoms with van der Waals surface area (Å²) >= 11 is 0. The summed E-state index contributed by atoms with van der Waals surface area (Å²) in [6.45, 7) is 6.45. The number of aromatic nitrogens is 2. The molecule has 0 radical (unpaired) electrons. The van der Waals surface area contributed by atoms with Crippen LogP contribution in [0, 0.1) is 5.92 Å². The number of hydrogen-bond acceptors (Lipinski definition) is 5. The van der Waals surface area contributed by atoms with Crippen molar-refractivity contribution in [2.45, 2.75) is 32.7 Å². The van der Waals surface area contributed by atoms with Gasteiger partial charge in [0.05, 0.1) is 19.0 Å². The summed E-state index contributed by atoms with van der Waals surface area (Å²) in [7, 11) is 0. The van der Waals surface area contributed by atoms with Crippen molar-refractivity contribution in [3.8, 4) is 5.88 Å². The van der Waals surface area contributed by atoms with Gasteiger partial charge in [-0.25, -0.2) is 0 Å². The molecular weight excluding hydrogens is 230 g/mol. The molecule has 0 spiro atoms. The fraction of sp³-hybridized carbons (Fsp3) is 0.692. The van der Waals surface area contributed by atoms with Crippen LogP contribution in [0.2, 0.25) is 0 Å². The first-order chi connectivity index (χ1) is 8.79. The fourth-order valence-electron chi connectivity index (χ4n) is 2.20. The molecule has 1 aliphatic rings. The maximum absolute atomic E-state index is 5.38. The van der Waals surface area contributed by atoms with Crippen LogP contribution >= 0.6 is 0 Å². The highest BCUT2D eigenvalue weighted by Gasteiger charge is 2.20. The minimum absolute atomic E-state index is 0.375. The Morgan fingerprint density at radius 1 is 1.44 bits per heavy atom. The molecule has 1 fully saturated rings. The van der Waals surface area contributed by atoms with Crippen LogP contribution in [0.1, 0.15) is 26.7 Å². The van der Waals surface area contributed by atoms with Crippen LogP contribution in [0.5, 0.6) is 5.88 Å². The number of nitrogens with one attached hydrogen (secondary N) is 1. The minimum Gasteiger partial charge on any atom is -0.477 e. The summed E-state index contributed by atoms with van der Waals surface area (Å²) in [6.07, 6.45) is 5.58. The number of nitrogens with zero attached hydrogens (tertiary/aromatic N) is 2. The normalized spacial score (nSPS) is 18.3. The third-order valence-electron chi connectivity index (χ3n) is 3.25. The average Bonchev–Trinajstić information content (AvgIpc) is 2.40. The van der Waals surface area contributed by atoms with E-state index in [0.717, 1.165) is 31.9 Å². The first kappa shape index (κ1) is 13.1. The lowest BCUT2D eigenvalue weighted by Crippen LogP contribution is -2.31. The minimum atomic E-state index is 0.375. The van der Waals surface area contributed by atoms with Gasteiger partial charge in [-0.3, -0.25) is 4.98 Å². The van der Waals surface area contributed by atoms with Gasteiger partial charge in [-0.1, -0.05) is 0 Å². The standard InChI is InChI=1S/C13H21N3O2/c1-3-18-13-9-14-8-12(16-13)15-10(2)11-4-6-17-7-5-11/h8-11H,3-7H2,1-2H3,(H,15,16). The van der Waals surface area contributed by atoms with Gasteiger partial charge in [0.2, 0.25) is 5.88 Å². The van der Waals surface area contributed by atoms with Crippen molar-refractivity contribution >= 4 is 5.82 Å². The molecule has 5 nitrogen and oxygen atoms in total. The maximum atomic E-state index is 5.38. The first-order valence-corrected chi connectivity index (χ1v) is 6.58. The molecule has 0 aliphatic carbocycles. The average molecular weight is 251 g/mol. The number of ether oxygens (including phenoxy) is 2. The molecule has 0 aromatic carbocycles. The summed E-state index contributed by atoms with van der Waals surface area (Å²) in [4.78, 5) is 8.50. The van der Waals surface area contributed by atoms with Gasteiger partial charge >= 0.3 is 0 Å². The predicted molar refractivity (Wildman–Crippen MR) is 69.8 cm³/mol. The number of rotatable bonds is 5. The highest BCUT2D eigenvalue weighted by Crippen LogP contribution is 2.21. The van der Waals surface area contributed by atoms with E-state index in [1.165, 1.54) is 0 Å². The molecule has 1 atom stereocenters. The Kier molecular flexibility index (Phi) is 4.75. The van der Waals surface area contributed by atoms with E-state index in [-0.39, 0.29) is 0 Å². The summed E-state index contributed by atoms with van der Waals surface area (Å²) in [5.41, 5.74) is 0. The topological polar surface area (TPSA) is 56.3 Å². The van der Waals surface area contributed by atoms with Crippen LogP contribution in [-0.4, -0.2) is 35.8 Å². The summed E-state index contributed by atoms with van der Waals surface area (Å²) in [6, 6.07) is 0.375. The van der Waals surface area contributed by atoms with Gasteiger partial charge in [-0.05, 0) is 32.6 Å². The van der Waals surface area contributed by atoms with E-state index in [2.05, 4.69) is 22.2 Å². The highest BCUT2D eigenvalue weighted by atomic mass is 16.5. The molecule has 2 heterocycles. The second-order valence-corrected chi connectivity index (χ2v) is 4.56. The van der Waals surface area contributed by atoms with Gasteiger partial charge in [-0.15, -0.1) is 0 Å². The second kappa shape index (κ2) is 6.54. The molecule has 0 amide bonds. The highest BCUT2D eigenvalue weighted by molar-refractivity contribution is 5.34. The molecule has 0 bridgehead atoms. The molecule has 1 unspecified atom stereocenters. The molecule has 100 valence electrons. The Labute approximate surface area is 108 Å². The van der Waals surface area contributed by atoms with Crippen molar-refractivity contribution in [3.63, 3.8) is 0 Å². The Bertz CT molecular complexity index is 367. The van der Waals surface area contributed by atoms with Crippen molar-refractivity contribution < 1.29 is 9.47 Å². The monoisotopic (exact) mass is 251 g/mol. The van der Waals surface area contributed by atoms with E-state index in [0.29, 0.717) is 24.4 Å². The molecule has 1 aromatic heterocycles. The third kappa shape index (κ3) is 3.57. The zero-order valence-electron chi connectivity index (χ0n) is 11.1. The lowest BCUT2D eigenvalue weighted by atomic mass is 9.93. The quantitative estimate of drug-likeness (QED) is 0.868. The van der Waals surface area contributed by atoms with Gasteiger partial charge in [0, 0.05) is 19.3 Å². The number of anilines is 1. The van der Waals surface area contributed by atoms with E-state index in [4.69, 9.17) is 9.47 Å². The fourth-order valence-corrected chi connectivity index (χ4v) is 2.20. The Balaban J connectivity index is 1.93. The predicted octanol–water partition coefficient (Wildman–Crippen LogP) is 2.10. The molecule has 2 rings (SSSR count). The van der Waals surface area contributed by atoms with Crippen LogP contribution in [0.4, 0.5) is 5.82 Å². The maximum Gasteiger partial charge on any atom is 0.234 e. The molecule has 0 saturated carbocycles. The molecule has 5 heteroatoms. The lowest BCUT2D eigenvalue weighted by molar-refractivity contribution is 0.0622. The summed E-state index contributed by atoms with van der Waals surface area (Å²) < 4.78 is 10.7. The van der Waals surface area contributed by atoms with Crippen LogP contribution < -0.4 is 10.1 Å². The molecule has 1 saturated heterocycles. The van der Waals surface area contributed by atoms with E-state index in [1.54, 1.807) is 12.4 Å². The van der Waals surface area contributed by atoms with Crippen molar-refractivity contribution in [1.29, 1.82) is 0 Å². The van der Waals surface area contributed by atoms with Gasteiger partial charge in [0.25, 0.3) is 0 Å². The van der Waals surface area contributed by atoms with Crippen LogP contribution in [-0.2, 0) is 4.74 Å². The van der Waals surface area contributed by atoms with Crippen molar-refractivity contribution in [2.75, 3.05) is 25.1 Å². The van der Waals surface area contributed by atoms with Crippen molar-refractivity contribution in [2.24, 2.45) is 5.92 Å². The van der Waals surface area contributed by atoms with E-state index >= 15 is 0 Å².